The van der Waals surface area contributed by atoms with Crippen molar-refractivity contribution in [2.75, 3.05) is 0 Å². The fraction of sp³-hybridized carbons (Fsp3) is 0.455. The van der Waals surface area contributed by atoms with Crippen LogP contribution in [0.15, 0.2) is 16.2 Å². The molecular weight excluding hydrogens is 208 g/mol. The van der Waals surface area contributed by atoms with Crippen molar-refractivity contribution in [3.63, 3.8) is 0 Å². The Hall–Kier alpha value is -1.16. The van der Waals surface area contributed by atoms with Gasteiger partial charge in [0.25, 0.3) is 5.56 Å². The maximum Gasteiger partial charge on any atom is 0.262 e. The number of nitrogens with zero attached hydrogens (tertiary/aromatic N) is 2. The second kappa shape index (κ2) is 3.77. The first-order chi connectivity index (χ1) is 7.15. The fourth-order valence-corrected chi connectivity index (χ4v) is 2.52. The van der Waals surface area contributed by atoms with Gasteiger partial charge in [-0.15, -0.1) is 11.3 Å². The molecule has 0 atom stereocenters. The first-order valence-electron chi connectivity index (χ1n) is 5.13. The van der Waals surface area contributed by atoms with Crippen LogP contribution in [0.3, 0.4) is 0 Å². The molecule has 0 unspecified atom stereocenters. The lowest BCUT2D eigenvalue weighted by Gasteiger charge is -2.14. The molecule has 2 aromatic rings. The van der Waals surface area contributed by atoms with Gasteiger partial charge in [0, 0.05) is 12.5 Å². The first kappa shape index (κ1) is 10.4. The number of hydrogen-bond acceptors (Lipinski definition) is 3. The van der Waals surface area contributed by atoms with E-state index in [1.54, 1.807) is 4.57 Å². The summed E-state index contributed by atoms with van der Waals surface area (Å²) < 4.78 is 1.79. The van der Waals surface area contributed by atoms with Crippen LogP contribution in [0.25, 0.3) is 10.2 Å². The molecule has 0 bridgehead atoms. The van der Waals surface area contributed by atoms with Crippen molar-refractivity contribution in [1.29, 1.82) is 0 Å². The number of aromatic nitrogens is 2. The van der Waals surface area contributed by atoms with Gasteiger partial charge >= 0.3 is 0 Å². The number of rotatable bonds is 2. The highest BCUT2D eigenvalue weighted by atomic mass is 32.1. The summed E-state index contributed by atoms with van der Waals surface area (Å²) in [5.74, 6) is 0.880. The molecule has 0 aliphatic rings. The molecule has 2 heterocycles. The summed E-state index contributed by atoms with van der Waals surface area (Å²) in [4.78, 5) is 17.5. The van der Waals surface area contributed by atoms with Gasteiger partial charge in [0.05, 0.1) is 5.39 Å². The normalized spacial score (nSPS) is 11.5. The van der Waals surface area contributed by atoms with Crippen molar-refractivity contribution >= 4 is 21.6 Å². The van der Waals surface area contributed by atoms with E-state index in [9.17, 15) is 4.79 Å². The standard InChI is InChI=1S/C11H14N2OS/c1-4-9-12-10-8(5-6-15-10)11(14)13(9)7(2)3/h5-7H,4H2,1-3H3. The Labute approximate surface area is 92.4 Å². The van der Waals surface area contributed by atoms with Crippen LogP contribution in [0.1, 0.15) is 32.6 Å². The number of aryl methyl sites for hydroxylation is 1. The summed E-state index contributed by atoms with van der Waals surface area (Å²) >= 11 is 1.53. The molecular formula is C11H14N2OS. The molecule has 0 amide bonds. The number of fused-ring (bicyclic) bond motifs is 1. The zero-order valence-electron chi connectivity index (χ0n) is 9.15. The van der Waals surface area contributed by atoms with E-state index < -0.39 is 0 Å². The van der Waals surface area contributed by atoms with Gasteiger partial charge in [-0.1, -0.05) is 6.92 Å². The highest BCUT2D eigenvalue weighted by Crippen LogP contribution is 2.17. The number of hydrogen-bond donors (Lipinski definition) is 0. The third kappa shape index (κ3) is 1.59. The molecule has 2 rings (SSSR count). The molecule has 2 aromatic heterocycles. The minimum atomic E-state index is 0.0908. The molecule has 0 radical (unpaired) electrons. The molecule has 0 fully saturated rings. The van der Waals surface area contributed by atoms with E-state index in [-0.39, 0.29) is 11.6 Å². The van der Waals surface area contributed by atoms with E-state index in [0.29, 0.717) is 0 Å². The topological polar surface area (TPSA) is 34.9 Å². The average molecular weight is 222 g/mol. The zero-order valence-corrected chi connectivity index (χ0v) is 9.97. The fourth-order valence-electron chi connectivity index (χ4n) is 1.75. The van der Waals surface area contributed by atoms with Crippen molar-refractivity contribution in [3.8, 4) is 0 Å². The van der Waals surface area contributed by atoms with E-state index in [1.807, 2.05) is 32.2 Å². The minimum absolute atomic E-state index is 0.0908. The van der Waals surface area contributed by atoms with Crippen molar-refractivity contribution in [2.24, 2.45) is 0 Å². The van der Waals surface area contributed by atoms with Crippen LogP contribution in [0, 0.1) is 0 Å². The molecule has 15 heavy (non-hydrogen) atoms. The van der Waals surface area contributed by atoms with Crippen LogP contribution in [-0.4, -0.2) is 9.55 Å². The summed E-state index contributed by atoms with van der Waals surface area (Å²) in [7, 11) is 0. The lowest BCUT2D eigenvalue weighted by Crippen LogP contribution is -2.26. The molecule has 0 aliphatic heterocycles. The molecule has 3 nitrogen and oxygen atoms in total. The van der Waals surface area contributed by atoms with Crippen LogP contribution in [0.5, 0.6) is 0 Å². The SMILES string of the molecule is CCc1nc2sccc2c(=O)n1C(C)C. The van der Waals surface area contributed by atoms with Crippen molar-refractivity contribution in [2.45, 2.75) is 33.2 Å². The quantitative estimate of drug-likeness (QED) is 0.782. The molecule has 0 aliphatic carbocycles. The smallest absolute Gasteiger partial charge is 0.262 e. The lowest BCUT2D eigenvalue weighted by atomic mass is 10.3. The highest BCUT2D eigenvalue weighted by Gasteiger charge is 2.12. The predicted octanol–water partition coefficient (Wildman–Crippen LogP) is 2.60. The van der Waals surface area contributed by atoms with Gasteiger partial charge in [0.2, 0.25) is 0 Å². The van der Waals surface area contributed by atoms with Crippen molar-refractivity contribution in [1.82, 2.24) is 9.55 Å². The van der Waals surface area contributed by atoms with Gasteiger partial charge in [-0.2, -0.15) is 0 Å². The van der Waals surface area contributed by atoms with Gasteiger partial charge in [-0.3, -0.25) is 9.36 Å². The molecule has 0 saturated carbocycles. The Morgan fingerprint density at radius 3 is 2.87 bits per heavy atom. The van der Waals surface area contributed by atoms with Gasteiger partial charge in [0.1, 0.15) is 10.7 Å². The summed E-state index contributed by atoms with van der Waals surface area (Å²) in [5, 5.41) is 2.66. The van der Waals surface area contributed by atoms with Gasteiger partial charge < -0.3 is 0 Å². The Bertz CT molecular complexity index is 539. The zero-order chi connectivity index (χ0) is 11.0. The Morgan fingerprint density at radius 2 is 2.27 bits per heavy atom. The van der Waals surface area contributed by atoms with E-state index >= 15 is 0 Å². The third-order valence-electron chi connectivity index (χ3n) is 2.44. The molecule has 0 N–H and O–H groups in total. The Morgan fingerprint density at radius 1 is 1.53 bits per heavy atom. The van der Waals surface area contributed by atoms with E-state index in [0.717, 1.165) is 22.5 Å². The second-order valence-electron chi connectivity index (χ2n) is 3.79. The summed E-state index contributed by atoms with van der Waals surface area (Å²) in [6.07, 6.45) is 0.793. The predicted molar refractivity (Wildman–Crippen MR) is 63.6 cm³/mol. The summed E-state index contributed by atoms with van der Waals surface area (Å²) in [6, 6.07) is 2.03. The van der Waals surface area contributed by atoms with E-state index in [4.69, 9.17) is 0 Å². The molecule has 0 spiro atoms. The maximum atomic E-state index is 12.1. The summed E-state index contributed by atoms with van der Waals surface area (Å²) in [5.41, 5.74) is 0.0908. The second-order valence-corrected chi connectivity index (χ2v) is 4.68. The molecule has 0 saturated heterocycles. The monoisotopic (exact) mass is 222 g/mol. The third-order valence-corrected chi connectivity index (χ3v) is 3.24. The van der Waals surface area contributed by atoms with Crippen LogP contribution >= 0.6 is 11.3 Å². The van der Waals surface area contributed by atoms with Crippen LogP contribution < -0.4 is 5.56 Å². The van der Waals surface area contributed by atoms with E-state index in [1.165, 1.54) is 11.3 Å². The molecule has 80 valence electrons. The van der Waals surface area contributed by atoms with Crippen LogP contribution in [-0.2, 0) is 6.42 Å². The lowest BCUT2D eigenvalue weighted by molar-refractivity contribution is 0.544. The van der Waals surface area contributed by atoms with E-state index in [2.05, 4.69) is 4.98 Å². The van der Waals surface area contributed by atoms with Crippen molar-refractivity contribution in [3.05, 3.63) is 27.6 Å². The van der Waals surface area contributed by atoms with Crippen LogP contribution in [0.2, 0.25) is 0 Å². The van der Waals surface area contributed by atoms with Crippen LogP contribution in [0.4, 0.5) is 0 Å². The largest absolute Gasteiger partial charge is 0.294 e. The van der Waals surface area contributed by atoms with Gasteiger partial charge in [-0.05, 0) is 25.3 Å². The average Bonchev–Trinajstić information content (AvgIpc) is 2.64. The Kier molecular flexibility index (Phi) is 2.61. The van der Waals surface area contributed by atoms with Gasteiger partial charge in [0.15, 0.2) is 0 Å². The number of thiophene rings is 1. The molecule has 0 aromatic carbocycles. The molecule has 4 heteroatoms. The first-order valence-corrected chi connectivity index (χ1v) is 6.01. The summed E-state index contributed by atoms with van der Waals surface area (Å²) in [6.45, 7) is 6.06. The highest BCUT2D eigenvalue weighted by molar-refractivity contribution is 7.16. The Balaban J connectivity index is 2.86. The maximum absolute atomic E-state index is 12.1. The van der Waals surface area contributed by atoms with Crippen molar-refractivity contribution < 1.29 is 0 Å². The minimum Gasteiger partial charge on any atom is -0.294 e. The van der Waals surface area contributed by atoms with Gasteiger partial charge in [-0.25, -0.2) is 4.98 Å².